The molecule has 0 aliphatic carbocycles. The van der Waals surface area contributed by atoms with Crippen LogP contribution in [0.3, 0.4) is 0 Å². The van der Waals surface area contributed by atoms with Crippen LogP contribution in [0.2, 0.25) is 0 Å². The highest BCUT2D eigenvalue weighted by Gasteiger charge is 1.89. The van der Waals surface area contributed by atoms with Crippen LogP contribution in [0.1, 0.15) is 20.3 Å². The summed E-state index contributed by atoms with van der Waals surface area (Å²) in [4.78, 5) is 0. The number of hydrogen-bond acceptors (Lipinski definition) is 1. The van der Waals surface area contributed by atoms with E-state index in [0.717, 1.165) is 6.42 Å². The van der Waals surface area contributed by atoms with Crippen molar-refractivity contribution in [3.8, 4) is 11.8 Å². The van der Waals surface area contributed by atoms with Crippen molar-refractivity contribution in [2.24, 2.45) is 0 Å². The molecule has 0 spiro atoms. The van der Waals surface area contributed by atoms with E-state index in [1.165, 1.54) is 0 Å². The van der Waals surface area contributed by atoms with E-state index in [1.807, 2.05) is 14.0 Å². The molecule has 1 nitrogen and oxygen atoms in total. The Morgan fingerprint density at radius 1 is 1.62 bits per heavy atom. The van der Waals surface area contributed by atoms with Crippen LogP contribution in [0, 0.1) is 11.8 Å². The SMILES string of the molecule is CC#CC[C@H](C)NC. The third-order valence-corrected chi connectivity index (χ3v) is 1.08. The molecule has 8 heavy (non-hydrogen) atoms. The predicted molar refractivity (Wildman–Crippen MR) is 36.6 cm³/mol. The Balaban J connectivity index is 3.19. The van der Waals surface area contributed by atoms with Crippen molar-refractivity contribution >= 4 is 0 Å². The van der Waals surface area contributed by atoms with Crippen LogP contribution < -0.4 is 5.32 Å². The fourth-order valence-corrected chi connectivity index (χ4v) is 0.357. The van der Waals surface area contributed by atoms with Gasteiger partial charge in [0, 0.05) is 12.5 Å². The molecule has 0 rings (SSSR count). The molecule has 0 aromatic rings. The van der Waals surface area contributed by atoms with Crippen LogP contribution in [0.4, 0.5) is 0 Å². The Kier molecular flexibility index (Phi) is 4.39. The van der Waals surface area contributed by atoms with E-state index in [-0.39, 0.29) is 0 Å². The second-order valence-electron chi connectivity index (χ2n) is 1.82. The average Bonchev–Trinajstić information content (AvgIpc) is 1.83. The molecule has 0 amide bonds. The molecular weight excluding hydrogens is 98.1 g/mol. The molecule has 0 bridgehead atoms. The minimum absolute atomic E-state index is 0.530. The van der Waals surface area contributed by atoms with Gasteiger partial charge < -0.3 is 5.32 Å². The molecule has 1 N–H and O–H groups in total. The van der Waals surface area contributed by atoms with E-state index in [9.17, 15) is 0 Å². The summed E-state index contributed by atoms with van der Waals surface area (Å²) in [5.74, 6) is 5.83. The lowest BCUT2D eigenvalue weighted by molar-refractivity contribution is 0.628. The summed E-state index contributed by atoms with van der Waals surface area (Å²) in [5, 5.41) is 3.10. The molecule has 1 heteroatoms. The maximum absolute atomic E-state index is 3.10. The highest BCUT2D eigenvalue weighted by Crippen LogP contribution is 1.83. The van der Waals surface area contributed by atoms with Gasteiger partial charge in [0.25, 0.3) is 0 Å². The Morgan fingerprint density at radius 2 is 2.25 bits per heavy atom. The van der Waals surface area contributed by atoms with Crippen molar-refractivity contribution in [1.29, 1.82) is 0 Å². The summed E-state index contributed by atoms with van der Waals surface area (Å²) < 4.78 is 0. The molecule has 0 saturated heterocycles. The van der Waals surface area contributed by atoms with Gasteiger partial charge in [-0.25, -0.2) is 0 Å². The van der Waals surface area contributed by atoms with Gasteiger partial charge >= 0.3 is 0 Å². The van der Waals surface area contributed by atoms with Crippen molar-refractivity contribution < 1.29 is 0 Å². The van der Waals surface area contributed by atoms with E-state index in [2.05, 4.69) is 24.1 Å². The molecular formula is C7H13N. The second kappa shape index (κ2) is 4.67. The van der Waals surface area contributed by atoms with Crippen molar-refractivity contribution in [2.75, 3.05) is 7.05 Å². The molecule has 0 aromatic heterocycles. The fraction of sp³-hybridized carbons (Fsp3) is 0.714. The van der Waals surface area contributed by atoms with Gasteiger partial charge in [0.15, 0.2) is 0 Å². The molecule has 0 radical (unpaired) electrons. The molecule has 0 heterocycles. The van der Waals surface area contributed by atoms with E-state index in [1.54, 1.807) is 0 Å². The van der Waals surface area contributed by atoms with Crippen LogP contribution in [-0.4, -0.2) is 13.1 Å². The first-order valence-corrected chi connectivity index (χ1v) is 2.88. The summed E-state index contributed by atoms with van der Waals surface area (Å²) in [5.41, 5.74) is 0. The van der Waals surface area contributed by atoms with E-state index in [4.69, 9.17) is 0 Å². The average molecular weight is 111 g/mol. The highest BCUT2D eigenvalue weighted by molar-refractivity contribution is 4.96. The van der Waals surface area contributed by atoms with Gasteiger partial charge in [0.1, 0.15) is 0 Å². The maximum atomic E-state index is 3.10. The van der Waals surface area contributed by atoms with Crippen molar-refractivity contribution in [1.82, 2.24) is 5.32 Å². The van der Waals surface area contributed by atoms with Gasteiger partial charge in [-0.05, 0) is 20.9 Å². The lowest BCUT2D eigenvalue weighted by Crippen LogP contribution is -2.19. The molecule has 46 valence electrons. The van der Waals surface area contributed by atoms with Crippen molar-refractivity contribution in [3.63, 3.8) is 0 Å². The summed E-state index contributed by atoms with van der Waals surface area (Å²) in [6, 6.07) is 0.530. The Hall–Kier alpha value is -0.480. The predicted octanol–water partition coefficient (Wildman–Crippen LogP) is 1.01. The van der Waals surface area contributed by atoms with Crippen LogP contribution >= 0.6 is 0 Å². The smallest absolute Gasteiger partial charge is 0.0240 e. The van der Waals surface area contributed by atoms with E-state index in [0.29, 0.717) is 6.04 Å². The third-order valence-electron chi connectivity index (χ3n) is 1.08. The van der Waals surface area contributed by atoms with Crippen molar-refractivity contribution in [3.05, 3.63) is 0 Å². The first kappa shape index (κ1) is 7.52. The van der Waals surface area contributed by atoms with Gasteiger partial charge in [0.05, 0.1) is 0 Å². The number of rotatable bonds is 2. The fourth-order valence-electron chi connectivity index (χ4n) is 0.357. The van der Waals surface area contributed by atoms with Gasteiger partial charge in [-0.1, -0.05) is 0 Å². The Bertz CT molecular complexity index is 96.7. The second-order valence-corrected chi connectivity index (χ2v) is 1.82. The monoisotopic (exact) mass is 111 g/mol. The lowest BCUT2D eigenvalue weighted by Gasteiger charge is -2.02. The molecule has 0 unspecified atom stereocenters. The Morgan fingerprint density at radius 3 is 2.62 bits per heavy atom. The zero-order chi connectivity index (χ0) is 6.41. The van der Waals surface area contributed by atoms with Crippen LogP contribution in [0.5, 0.6) is 0 Å². The minimum atomic E-state index is 0.530. The zero-order valence-corrected chi connectivity index (χ0v) is 5.78. The van der Waals surface area contributed by atoms with Crippen LogP contribution in [-0.2, 0) is 0 Å². The van der Waals surface area contributed by atoms with Gasteiger partial charge in [-0.15, -0.1) is 11.8 Å². The standard InChI is InChI=1S/C7H13N/c1-4-5-6-7(2)8-3/h7-8H,6H2,1-3H3/t7-/m0/s1. The van der Waals surface area contributed by atoms with Crippen molar-refractivity contribution in [2.45, 2.75) is 26.3 Å². The molecule has 0 aliphatic rings. The van der Waals surface area contributed by atoms with Gasteiger partial charge in [0.2, 0.25) is 0 Å². The van der Waals surface area contributed by atoms with Crippen LogP contribution in [0.25, 0.3) is 0 Å². The first-order valence-electron chi connectivity index (χ1n) is 2.88. The van der Waals surface area contributed by atoms with Gasteiger partial charge in [-0.2, -0.15) is 0 Å². The highest BCUT2D eigenvalue weighted by atomic mass is 14.8. The summed E-state index contributed by atoms with van der Waals surface area (Å²) in [6.07, 6.45) is 0.951. The van der Waals surface area contributed by atoms with Crippen LogP contribution in [0.15, 0.2) is 0 Å². The summed E-state index contributed by atoms with van der Waals surface area (Å²) in [6.45, 7) is 3.98. The molecule has 1 atom stereocenters. The zero-order valence-electron chi connectivity index (χ0n) is 5.78. The number of nitrogens with one attached hydrogen (secondary N) is 1. The van der Waals surface area contributed by atoms with Gasteiger partial charge in [-0.3, -0.25) is 0 Å². The Labute approximate surface area is 51.5 Å². The topological polar surface area (TPSA) is 12.0 Å². The first-order chi connectivity index (χ1) is 3.81. The minimum Gasteiger partial charge on any atom is -0.316 e. The summed E-state index contributed by atoms with van der Waals surface area (Å²) in [7, 11) is 1.95. The van der Waals surface area contributed by atoms with E-state index < -0.39 is 0 Å². The third kappa shape index (κ3) is 3.70. The van der Waals surface area contributed by atoms with E-state index >= 15 is 0 Å². The largest absolute Gasteiger partial charge is 0.316 e. The molecule has 0 aliphatic heterocycles. The molecule has 0 aromatic carbocycles. The molecule has 0 fully saturated rings. The number of hydrogen-bond donors (Lipinski definition) is 1. The lowest BCUT2D eigenvalue weighted by atomic mass is 10.2. The normalized spacial score (nSPS) is 11.9. The maximum Gasteiger partial charge on any atom is 0.0240 e. The quantitative estimate of drug-likeness (QED) is 0.524. The molecule has 0 saturated carbocycles. The summed E-state index contributed by atoms with van der Waals surface area (Å²) >= 11 is 0.